The molecule has 36 heavy (non-hydrogen) atoms. The molecule has 0 saturated heterocycles. The highest BCUT2D eigenvalue weighted by Crippen LogP contribution is 2.37. The molecule has 6 rings (SSSR count). The number of benzene rings is 5. The van der Waals surface area contributed by atoms with Gasteiger partial charge in [-0.25, -0.2) is 0 Å². The number of nitrogens with zero attached hydrogens (tertiary/aromatic N) is 2. The van der Waals surface area contributed by atoms with Gasteiger partial charge >= 0.3 is 0 Å². The summed E-state index contributed by atoms with van der Waals surface area (Å²) in [5, 5.41) is 2.56. The van der Waals surface area contributed by atoms with Crippen LogP contribution in [-0.2, 0) is 0 Å². The summed E-state index contributed by atoms with van der Waals surface area (Å²) < 4.78 is 2.36. The van der Waals surface area contributed by atoms with E-state index in [0.29, 0.717) is 5.92 Å². The van der Waals surface area contributed by atoms with Crippen molar-refractivity contribution in [2.75, 3.05) is 4.90 Å². The van der Waals surface area contributed by atoms with E-state index < -0.39 is 0 Å². The minimum atomic E-state index is 0.565. The summed E-state index contributed by atoms with van der Waals surface area (Å²) in [5.41, 5.74) is 8.46. The van der Waals surface area contributed by atoms with Crippen LogP contribution in [0, 0.1) is 0 Å². The van der Waals surface area contributed by atoms with Gasteiger partial charge in [-0.3, -0.25) is 0 Å². The molecular formula is C34H30N2. The Labute approximate surface area is 213 Å². The highest BCUT2D eigenvalue weighted by atomic mass is 15.1. The Morgan fingerprint density at radius 1 is 0.556 bits per heavy atom. The van der Waals surface area contributed by atoms with Crippen LogP contribution in [0.1, 0.15) is 31.7 Å². The fourth-order valence-corrected chi connectivity index (χ4v) is 5.16. The monoisotopic (exact) mass is 466 g/mol. The standard InChI is InChI=1S/C34H30N2/c1-3-25(2)26-17-19-28(20-18-26)35(27-11-5-4-6-12-27)29-21-23-30(24-22-29)36-33-15-9-7-13-31(33)32-14-8-10-16-34(32)36/h4-25H,3H2,1-2H3. The van der Waals surface area contributed by atoms with Crippen molar-refractivity contribution in [2.45, 2.75) is 26.2 Å². The first kappa shape index (κ1) is 22.2. The molecule has 2 heteroatoms. The van der Waals surface area contributed by atoms with Crippen LogP contribution in [0.2, 0.25) is 0 Å². The third-order valence-corrected chi connectivity index (χ3v) is 7.29. The number of rotatable bonds is 6. The van der Waals surface area contributed by atoms with E-state index in [-0.39, 0.29) is 0 Å². The molecule has 0 aliphatic rings. The molecule has 0 aliphatic carbocycles. The largest absolute Gasteiger partial charge is 0.311 e. The fraction of sp³-hybridized carbons (Fsp3) is 0.118. The van der Waals surface area contributed by atoms with Gasteiger partial charge in [-0.2, -0.15) is 0 Å². The number of fused-ring (bicyclic) bond motifs is 3. The van der Waals surface area contributed by atoms with Crippen molar-refractivity contribution in [1.82, 2.24) is 4.57 Å². The summed E-state index contributed by atoms with van der Waals surface area (Å²) in [5.74, 6) is 0.565. The Kier molecular flexibility index (Phi) is 5.79. The molecule has 1 unspecified atom stereocenters. The van der Waals surface area contributed by atoms with Gasteiger partial charge < -0.3 is 9.47 Å². The number of hydrogen-bond donors (Lipinski definition) is 0. The van der Waals surface area contributed by atoms with Crippen molar-refractivity contribution in [3.05, 3.63) is 133 Å². The van der Waals surface area contributed by atoms with Gasteiger partial charge in [0.15, 0.2) is 0 Å². The van der Waals surface area contributed by atoms with Crippen molar-refractivity contribution in [1.29, 1.82) is 0 Å². The molecule has 0 fully saturated rings. The third-order valence-electron chi connectivity index (χ3n) is 7.29. The first-order chi connectivity index (χ1) is 17.7. The molecule has 5 aromatic carbocycles. The lowest BCUT2D eigenvalue weighted by Gasteiger charge is -2.26. The second kappa shape index (κ2) is 9.39. The average molecular weight is 467 g/mol. The highest BCUT2D eigenvalue weighted by molar-refractivity contribution is 6.09. The second-order valence-corrected chi connectivity index (χ2v) is 9.46. The lowest BCUT2D eigenvalue weighted by molar-refractivity contribution is 0.733. The van der Waals surface area contributed by atoms with Gasteiger partial charge in [0, 0.05) is 33.5 Å². The molecule has 0 spiro atoms. The molecule has 1 heterocycles. The number of anilines is 3. The Morgan fingerprint density at radius 2 is 1.03 bits per heavy atom. The Bertz CT molecular complexity index is 1560. The summed E-state index contributed by atoms with van der Waals surface area (Å²) in [4.78, 5) is 2.33. The van der Waals surface area contributed by atoms with Crippen LogP contribution in [0.3, 0.4) is 0 Å². The third kappa shape index (κ3) is 3.85. The van der Waals surface area contributed by atoms with E-state index in [0.717, 1.165) is 29.2 Å². The van der Waals surface area contributed by atoms with Crippen LogP contribution in [0.15, 0.2) is 127 Å². The van der Waals surface area contributed by atoms with Gasteiger partial charge in [0.1, 0.15) is 0 Å². The molecule has 176 valence electrons. The van der Waals surface area contributed by atoms with Crippen molar-refractivity contribution in [3.63, 3.8) is 0 Å². The van der Waals surface area contributed by atoms with Gasteiger partial charge in [0.2, 0.25) is 0 Å². The quantitative estimate of drug-likeness (QED) is 0.237. The van der Waals surface area contributed by atoms with Crippen LogP contribution in [0.25, 0.3) is 27.5 Å². The highest BCUT2D eigenvalue weighted by Gasteiger charge is 2.15. The molecule has 0 N–H and O–H groups in total. The minimum Gasteiger partial charge on any atom is -0.311 e. The van der Waals surface area contributed by atoms with Crippen molar-refractivity contribution in [3.8, 4) is 5.69 Å². The zero-order chi connectivity index (χ0) is 24.5. The number of hydrogen-bond acceptors (Lipinski definition) is 1. The molecule has 0 radical (unpaired) electrons. The summed E-state index contributed by atoms with van der Waals surface area (Å²) in [6.07, 6.45) is 1.14. The molecule has 0 saturated carbocycles. The maximum Gasteiger partial charge on any atom is 0.0541 e. The van der Waals surface area contributed by atoms with E-state index in [2.05, 4.69) is 151 Å². The van der Waals surface area contributed by atoms with Crippen molar-refractivity contribution < 1.29 is 0 Å². The lowest BCUT2D eigenvalue weighted by Crippen LogP contribution is -2.10. The van der Waals surface area contributed by atoms with E-state index in [1.807, 2.05) is 0 Å². The SMILES string of the molecule is CCC(C)c1ccc(N(c2ccccc2)c2ccc(-n3c4ccccc4c4ccccc43)cc2)cc1. The predicted octanol–water partition coefficient (Wildman–Crippen LogP) is 9.77. The van der Waals surface area contributed by atoms with Gasteiger partial charge in [0.25, 0.3) is 0 Å². The first-order valence-electron chi connectivity index (χ1n) is 12.8. The van der Waals surface area contributed by atoms with Crippen LogP contribution in [0.4, 0.5) is 17.1 Å². The predicted molar refractivity (Wildman–Crippen MR) is 154 cm³/mol. The zero-order valence-electron chi connectivity index (χ0n) is 20.8. The maximum atomic E-state index is 2.36. The maximum absolute atomic E-state index is 2.36. The Hall–Kier alpha value is -4.30. The van der Waals surface area contributed by atoms with Gasteiger partial charge in [-0.1, -0.05) is 80.6 Å². The summed E-state index contributed by atoms with van der Waals surface area (Å²) >= 11 is 0. The van der Waals surface area contributed by atoms with Crippen LogP contribution in [0.5, 0.6) is 0 Å². The van der Waals surface area contributed by atoms with E-state index in [1.54, 1.807) is 0 Å². The second-order valence-electron chi connectivity index (χ2n) is 9.46. The molecule has 0 amide bonds. The van der Waals surface area contributed by atoms with E-state index in [9.17, 15) is 0 Å². The molecule has 0 bridgehead atoms. The normalized spacial score (nSPS) is 12.2. The molecule has 2 nitrogen and oxygen atoms in total. The average Bonchev–Trinajstić information content (AvgIpc) is 3.29. The van der Waals surface area contributed by atoms with Crippen molar-refractivity contribution in [2.24, 2.45) is 0 Å². The summed E-state index contributed by atoms with van der Waals surface area (Å²) in [7, 11) is 0. The fourth-order valence-electron chi connectivity index (χ4n) is 5.16. The molecule has 0 aliphatic heterocycles. The van der Waals surface area contributed by atoms with E-state index in [1.165, 1.54) is 27.4 Å². The van der Waals surface area contributed by atoms with Gasteiger partial charge in [-0.15, -0.1) is 0 Å². The Morgan fingerprint density at radius 3 is 1.58 bits per heavy atom. The lowest BCUT2D eigenvalue weighted by atomic mass is 9.98. The van der Waals surface area contributed by atoms with Crippen LogP contribution in [-0.4, -0.2) is 4.57 Å². The topological polar surface area (TPSA) is 8.17 Å². The molecule has 1 atom stereocenters. The number of aromatic nitrogens is 1. The number of para-hydroxylation sites is 3. The Balaban J connectivity index is 1.45. The molecular weight excluding hydrogens is 436 g/mol. The zero-order valence-corrected chi connectivity index (χ0v) is 20.8. The molecule has 1 aromatic heterocycles. The molecule has 6 aromatic rings. The van der Waals surface area contributed by atoms with E-state index in [4.69, 9.17) is 0 Å². The first-order valence-corrected chi connectivity index (χ1v) is 12.8. The van der Waals surface area contributed by atoms with Crippen LogP contribution < -0.4 is 4.90 Å². The summed E-state index contributed by atoms with van der Waals surface area (Å²) in [6, 6.07) is 45.9. The van der Waals surface area contributed by atoms with Crippen LogP contribution >= 0.6 is 0 Å². The smallest absolute Gasteiger partial charge is 0.0541 e. The van der Waals surface area contributed by atoms with E-state index >= 15 is 0 Å². The minimum absolute atomic E-state index is 0.565. The summed E-state index contributed by atoms with van der Waals surface area (Å²) in [6.45, 7) is 4.53. The van der Waals surface area contributed by atoms with Gasteiger partial charge in [0.05, 0.1) is 11.0 Å². The van der Waals surface area contributed by atoms with Gasteiger partial charge in [-0.05, 0) is 78.6 Å². The van der Waals surface area contributed by atoms with Crippen molar-refractivity contribution >= 4 is 38.9 Å².